The summed E-state index contributed by atoms with van der Waals surface area (Å²) in [5, 5.41) is 13.9. The van der Waals surface area contributed by atoms with E-state index in [4.69, 9.17) is 0 Å². The molecule has 1 amide bonds. The lowest BCUT2D eigenvalue weighted by molar-refractivity contribution is -0.383. The van der Waals surface area contributed by atoms with Crippen LogP contribution in [-0.4, -0.2) is 20.8 Å². The number of halogens is 1. The van der Waals surface area contributed by atoms with Crippen LogP contribution in [0.5, 0.6) is 0 Å². The molecule has 2 rings (SSSR count). The number of carbonyl (C=O) groups excluding carboxylic acids is 1. The van der Waals surface area contributed by atoms with Gasteiger partial charge >= 0.3 is 0 Å². The maximum atomic E-state index is 12.0. The van der Waals surface area contributed by atoms with Crippen LogP contribution in [0.1, 0.15) is 13.8 Å². The highest BCUT2D eigenvalue weighted by atomic mass is 79.9. The molecular weight excluding hydrogens is 352 g/mol. The van der Waals surface area contributed by atoms with Gasteiger partial charge in [0.25, 0.3) is 5.69 Å². The molecule has 0 aliphatic carbocycles. The number of carbonyl (C=O) groups is 1. The summed E-state index contributed by atoms with van der Waals surface area (Å²) in [6.45, 7) is 3.41. The zero-order chi connectivity index (χ0) is 16.3. The number of nitrogens with zero attached hydrogens (tertiary/aromatic N) is 3. The Balaban J connectivity index is 2.65. The molecule has 0 saturated heterocycles. The van der Waals surface area contributed by atoms with E-state index in [1.165, 1.54) is 18.5 Å². The van der Waals surface area contributed by atoms with E-state index in [9.17, 15) is 14.9 Å². The van der Waals surface area contributed by atoms with Crippen molar-refractivity contribution in [2.24, 2.45) is 5.92 Å². The molecule has 0 unspecified atom stereocenters. The highest BCUT2D eigenvalue weighted by molar-refractivity contribution is 9.10. The quantitative estimate of drug-likeness (QED) is 0.661. The molecule has 2 aromatic rings. The van der Waals surface area contributed by atoms with E-state index < -0.39 is 4.92 Å². The first-order valence-corrected chi connectivity index (χ1v) is 7.25. The second-order valence-corrected chi connectivity index (χ2v) is 5.74. The Morgan fingerprint density at radius 3 is 2.50 bits per heavy atom. The number of aromatic nitrogens is 2. The second-order valence-electron chi connectivity index (χ2n) is 4.82. The molecule has 114 valence electrons. The van der Waals surface area contributed by atoms with Crippen LogP contribution < -0.4 is 5.32 Å². The Kier molecular flexibility index (Phi) is 4.81. The Hall–Kier alpha value is -2.35. The number of nitrogens with one attached hydrogen (secondary N) is 1. The third-order valence-corrected chi connectivity index (χ3v) is 3.32. The number of hydrogen-bond donors (Lipinski definition) is 1. The standard InChI is InChI=1S/C14H13BrN4O3/c1-8(2)14(20)18-12-10(13-16-4-3-5-17-13)6-9(15)7-11(12)19(21)22/h3-8H,1-2H3,(H,18,20). The maximum Gasteiger partial charge on any atom is 0.294 e. The van der Waals surface area contributed by atoms with Crippen molar-refractivity contribution >= 4 is 33.2 Å². The van der Waals surface area contributed by atoms with Crippen molar-refractivity contribution in [1.29, 1.82) is 0 Å². The highest BCUT2D eigenvalue weighted by Gasteiger charge is 2.24. The minimum atomic E-state index is -0.548. The third-order valence-electron chi connectivity index (χ3n) is 2.86. The molecule has 22 heavy (non-hydrogen) atoms. The predicted molar refractivity (Wildman–Crippen MR) is 85.3 cm³/mol. The van der Waals surface area contributed by atoms with Gasteiger partial charge in [-0.3, -0.25) is 14.9 Å². The van der Waals surface area contributed by atoms with Gasteiger partial charge in [0.2, 0.25) is 5.91 Å². The summed E-state index contributed by atoms with van der Waals surface area (Å²) >= 11 is 3.24. The first-order valence-electron chi connectivity index (χ1n) is 6.46. The van der Waals surface area contributed by atoms with Crippen molar-refractivity contribution in [1.82, 2.24) is 9.97 Å². The summed E-state index contributed by atoms with van der Waals surface area (Å²) in [7, 11) is 0. The van der Waals surface area contributed by atoms with Gasteiger partial charge in [-0.05, 0) is 12.1 Å². The van der Waals surface area contributed by atoms with E-state index in [2.05, 4.69) is 31.2 Å². The lowest BCUT2D eigenvalue weighted by Crippen LogP contribution is -2.19. The van der Waals surface area contributed by atoms with Gasteiger partial charge in [0.15, 0.2) is 5.82 Å². The molecule has 0 bridgehead atoms. The smallest absolute Gasteiger partial charge is 0.294 e. The summed E-state index contributed by atoms with van der Waals surface area (Å²) in [6.07, 6.45) is 3.06. The van der Waals surface area contributed by atoms with Crippen LogP contribution in [0.25, 0.3) is 11.4 Å². The molecule has 0 atom stereocenters. The van der Waals surface area contributed by atoms with E-state index in [1.54, 1.807) is 26.0 Å². The molecule has 0 spiro atoms. The maximum absolute atomic E-state index is 12.0. The Morgan fingerprint density at radius 2 is 1.95 bits per heavy atom. The Labute approximate surface area is 135 Å². The first kappa shape index (κ1) is 16.0. The zero-order valence-electron chi connectivity index (χ0n) is 11.9. The summed E-state index contributed by atoms with van der Waals surface area (Å²) in [4.78, 5) is 30.9. The molecule has 1 N–H and O–H groups in total. The van der Waals surface area contributed by atoms with E-state index in [0.29, 0.717) is 15.9 Å². The van der Waals surface area contributed by atoms with Crippen LogP contribution in [0, 0.1) is 16.0 Å². The van der Waals surface area contributed by atoms with Crippen LogP contribution in [0.3, 0.4) is 0 Å². The van der Waals surface area contributed by atoms with Crippen LogP contribution in [0.2, 0.25) is 0 Å². The number of benzene rings is 1. The number of nitro groups is 1. The van der Waals surface area contributed by atoms with Gasteiger partial charge in [0.05, 0.1) is 10.5 Å². The second kappa shape index (κ2) is 6.61. The molecule has 1 aromatic heterocycles. The number of amides is 1. The largest absolute Gasteiger partial charge is 0.320 e. The molecule has 0 fully saturated rings. The summed E-state index contributed by atoms with van der Waals surface area (Å²) in [6, 6.07) is 4.61. The minimum absolute atomic E-state index is 0.0955. The Bertz CT molecular complexity index is 720. The number of nitro benzene ring substituents is 1. The van der Waals surface area contributed by atoms with E-state index in [0.717, 1.165) is 0 Å². The van der Waals surface area contributed by atoms with Crippen molar-refractivity contribution < 1.29 is 9.72 Å². The number of anilines is 1. The van der Waals surface area contributed by atoms with Crippen LogP contribution in [0.15, 0.2) is 35.1 Å². The normalized spacial score (nSPS) is 10.5. The molecule has 1 aromatic carbocycles. The van der Waals surface area contributed by atoms with E-state index >= 15 is 0 Å². The van der Waals surface area contributed by atoms with Gasteiger partial charge in [-0.2, -0.15) is 0 Å². The topological polar surface area (TPSA) is 98.0 Å². The third kappa shape index (κ3) is 3.45. The van der Waals surface area contributed by atoms with E-state index in [-0.39, 0.29) is 23.2 Å². The number of rotatable bonds is 4. The minimum Gasteiger partial charge on any atom is -0.320 e. The van der Waals surface area contributed by atoms with Crippen molar-refractivity contribution in [3.8, 4) is 11.4 Å². The van der Waals surface area contributed by atoms with Crippen LogP contribution in [-0.2, 0) is 4.79 Å². The fraction of sp³-hybridized carbons (Fsp3) is 0.214. The van der Waals surface area contributed by atoms with Gasteiger partial charge in [0, 0.05) is 28.9 Å². The van der Waals surface area contributed by atoms with Crippen molar-refractivity contribution in [3.63, 3.8) is 0 Å². The molecule has 0 radical (unpaired) electrons. The lowest BCUT2D eigenvalue weighted by Gasteiger charge is -2.13. The average Bonchev–Trinajstić information content (AvgIpc) is 2.49. The fourth-order valence-corrected chi connectivity index (χ4v) is 2.20. The monoisotopic (exact) mass is 364 g/mol. The van der Waals surface area contributed by atoms with Crippen molar-refractivity contribution in [2.75, 3.05) is 5.32 Å². The molecule has 7 nitrogen and oxygen atoms in total. The number of hydrogen-bond acceptors (Lipinski definition) is 5. The van der Waals surface area contributed by atoms with Crippen molar-refractivity contribution in [2.45, 2.75) is 13.8 Å². The van der Waals surface area contributed by atoms with Gasteiger partial charge in [-0.15, -0.1) is 0 Å². The van der Waals surface area contributed by atoms with Gasteiger partial charge in [-0.25, -0.2) is 9.97 Å². The summed E-state index contributed by atoms with van der Waals surface area (Å²) in [5.74, 6) is -0.332. The highest BCUT2D eigenvalue weighted by Crippen LogP contribution is 2.37. The summed E-state index contributed by atoms with van der Waals surface area (Å²) < 4.78 is 0.504. The molecule has 0 aliphatic rings. The van der Waals surface area contributed by atoms with E-state index in [1.807, 2.05) is 0 Å². The molecule has 0 aliphatic heterocycles. The zero-order valence-corrected chi connectivity index (χ0v) is 13.5. The molecule has 8 heteroatoms. The lowest BCUT2D eigenvalue weighted by atomic mass is 10.1. The van der Waals surface area contributed by atoms with Gasteiger partial charge < -0.3 is 5.32 Å². The van der Waals surface area contributed by atoms with Crippen molar-refractivity contribution in [3.05, 3.63) is 45.2 Å². The summed E-state index contributed by atoms with van der Waals surface area (Å²) in [5.41, 5.74) is 0.264. The van der Waals surface area contributed by atoms with Gasteiger partial charge in [0.1, 0.15) is 5.69 Å². The van der Waals surface area contributed by atoms with Crippen LogP contribution in [0.4, 0.5) is 11.4 Å². The predicted octanol–water partition coefficient (Wildman–Crippen LogP) is 3.41. The molecule has 1 heterocycles. The molecule has 0 saturated carbocycles. The fourth-order valence-electron chi connectivity index (χ4n) is 1.75. The SMILES string of the molecule is CC(C)C(=O)Nc1c(-c2ncccn2)cc(Br)cc1[N+](=O)[O-]. The first-order chi connectivity index (χ1) is 10.4. The molecular formula is C14H13BrN4O3. The van der Waals surface area contributed by atoms with Crippen LogP contribution >= 0.6 is 15.9 Å². The Morgan fingerprint density at radius 1 is 1.32 bits per heavy atom. The van der Waals surface area contributed by atoms with Gasteiger partial charge in [-0.1, -0.05) is 29.8 Å². The average molecular weight is 365 g/mol.